The Morgan fingerprint density at radius 3 is 2.30 bits per heavy atom. The van der Waals surface area contributed by atoms with Crippen molar-refractivity contribution in [3.63, 3.8) is 0 Å². The van der Waals surface area contributed by atoms with Crippen LogP contribution in [-0.2, 0) is 11.0 Å². The van der Waals surface area contributed by atoms with E-state index in [2.05, 4.69) is 5.32 Å². The molecule has 0 aromatic heterocycles. The fraction of sp³-hybridized carbons (Fsp3) is 0.500. The van der Waals surface area contributed by atoms with Crippen LogP contribution in [0.2, 0.25) is 0 Å². The fourth-order valence-electron chi connectivity index (χ4n) is 2.90. The van der Waals surface area contributed by atoms with Crippen LogP contribution in [-0.4, -0.2) is 41.3 Å². The third-order valence-corrected chi connectivity index (χ3v) is 4.40. The molecule has 0 spiro atoms. The van der Waals surface area contributed by atoms with Crippen molar-refractivity contribution >= 4 is 12.0 Å². The molecule has 1 heterocycles. The Bertz CT molecular complexity index is 719. The highest BCUT2D eigenvalue weighted by atomic mass is 19.4. The molecule has 0 aliphatic carbocycles. The molecule has 27 heavy (non-hydrogen) atoms. The van der Waals surface area contributed by atoms with Crippen LogP contribution in [0.4, 0.5) is 31.1 Å². The third kappa shape index (κ3) is 4.83. The van der Waals surface area contributed by atoms with Gasteiger partial charge in [-0.3, -0.25) is 4.79 Å². The lowest BCUT2D eigenvalue weighted by molar-refractivity contribution is -0.187. The molecule has 11 heteroatoms. The SMILES string of the molecule is CC(NC(=O)N1C[C@@H](C(F)(F)F)[C@H](C(=O)O)C1)c1cccc(C(F)(F)F)c1. The summed E-state index contributed by atoms with van der Waals surface area (Å²) in [4.78, 5) is 23.9. The van der Waals surface area contributed by atoms with Gasteiger partial charge in [-0.25, -0.2) is 4.79 Å². The number of carboxylic acids is 1. The number of carboxylic acid groups (broad SMARTS) is 1. The van der Waals surface area contributed by atoms with Gasteiger partial charge in [0.1, 0.15) is 0 Å². The van der Waals surface area contributed by atoms with Gasteiger partial charge in [-0.2, -0.15) is 26.3 Å². The monoisotopic (exact) mass is 398 g/mol. The Morgan fingerprint density at radius 2 is 1.81 bits per heavy atom. The minimum absolute atomic E-state index is 0.111. The summed E-state index contributed by atoms with van der Waals surface area (Å²) in [5.41, 5.74) is -0.815. The van der Waals surface area contributed by atoms with Gasteiger partial charge in [0.05, 0.1) is 23.4 Å². The number of aliphatic carboxylic acids is 1. The molecule has 5 nitrogen and oxygen atoms in total. The molecule has 1 aliphatic heterocycles. The first-order valence-corrected chi connectivity index (χ1v) is 7.83. The number of alkyl halides is 6. The van der Waals surface area contributed by atoms with Gasteiger partial charge in [-0.05, 0) is 24.6 Å². The Hall–Kier alpha value is -2.46. The van der Waals surface area contributed by atoms with Crippen LogP contribution < -0.4 is 5.32 Å². The van der Waals surface area contributed by atoms with Gasteiger partial charge in [0.2, 0.25) is 0 Å². The number of amides is 2. The van der Waals surface area contributed by atoms with Crippen molar-refractivity contribution in [3.05, 3.63) is 35.4 Å². The van der Waals surface area contributed by atoms with E-state index < -0.39 is 60.9 Å². The molecule has 1 aromatic rings. The average molecular weight is 398 g/mol. The van der Waals surface area contributed by atoms with Crippen LogP contribution in [0.5, 0.6) is 0 Å². The van der Waals surface area contributed by atoms with Crippen molar-refractivity contribution in [1.82, 2.24) is 10.2 Å². The van der Waals surface area contributed by atoms with Crippen LogP contribution in [0.1, 0.15) is 24.1 Å². The maximum absolute atomic E-state index is 13.0. The molecule has 150 valence electrons. The van der Waals surface area contributed by atoms with Crippen molar-refractivity contribution in [2.24, 2.45) is 11.8 Å². The quantitative estimate of drug-likeness (QED) is 0.764. The average Bonchev–Trinajstić information content (AvgIpc) is 3.00. The van der Waals surface area contributed by atoms with Gasteiger partial charge in [0.15, 0.2) is 0 Å². The van der Waals surface area contributed by atoms with Gasteiger partial charge < -0.3 is 15.3 Å². The molecule has 0 saturated carbocycles. The molecule has 1 saturated heterocycles. The highest BCUT2D eigenvalue weighted by molar-refractivity contribution is 5.78. The molecule has 1 aromatic carbocycles. The van der Waals surface area contributed by atoms with Crippen LogP contribution >= 0.6 is 0 Å². The highest BCUT2D eigenvalue weighted by Gasteiger charge is 2.53. The molecular formula is C16H16F6N2O3. The predicted molar refractivity (Wildman–Crippen MR) is 80.6 cm³/mol. The smallest absolute Gasteiger partial charge is 0.416 e. The van der Waals surface area contributed by atoms with E-state index in [1.807, 2.05) is 0 Å². The van der Waals surface area contributed by atoms with Crippen molar-refractivity contribution in [1.29, 1.82) is 0 Å². The number of carbonyl (C=O) groups is 2. The topological polar surface area (TPSA) is 69.6 Å². The molecule has 2 N–H and O–H groups in total. The number of nitrogens with one attached hydrogen (secondary N) is 1. The molecule has 2 amide bonds. The summed E-state index contributed by atoms with van der Waals surface area (Å²) in [6.45, 7) is -0.0956. The second kappa shape index (κ2) is 7.28. The number of nitrogens with zero attached hydrogens (tertiary/aromatic N) is 1. The molecule has 1 aliphatic rings. The summed E-state index contributed by atoms with van der Waals surface area (Å²) in [6.07, 6.45) is -9.37. The highest BCUT2D eigenvalue weighted by Crippen LogP contribution is 2.38. The van der Waals surface area contributed by atoms with E-state index in [0.29, 0.717) is 4.90 Å². The largest absolute Gasteiger partial charge is 0.481 e. The number of urea groups is 1. The Morgan fingerprint density at radius 1 is 1.19 bits per heavy atom. The number of halogens is 6. The van der Waals surface area contributed by atoms with E-state index in [1.165, 1.54) is 13.0 Å². The van der Waals surface area contributed by atoms with E-state index in [1.54, 1.807) is 0 Å². The molecule has 0 bridgehead atoms. The maximum Gasteiger partial charge on any atom is 0.416 e. The van der Waals surface area contributed by atoms with E-state index >= 15 is 0 Å². The van der Waals surface area contributed by atoms with E-state index in [0.717, 1.165) is 18.2 Å². The first-order valence-electron chi connectivity index (χ1n) is 7.83. The lowest BCUT2D eigenvalue weighted by Crippen LogP contribution is -2.40. The minimum Gasteiger partial charge on any atom is -0.481 e. The molecule has 3 atom stereocenters. The lowest BCUT2D eigenvalue weighted by Gasteiger charge is -2.22. The zero-order valence-electron chi connectivity index (χ0n) is 13.9. The summed E-state index contributed by atoms with van der Waals surface area (Å²) in [7, 11) is 0. The number of likely N-dealkylation sites (tertiary alicyclic amines) is 1. The van der Waals surface area contributed by atoms with Gasteiger partial charge in [-0.1, -0.05) is 12.1 Å². The second-order valence-electron chi connectivity index (χ2n) is 6.29. The number of carbonyl (C=O) groups excluding carboxylic acids is 1. The number of rotatable bonds is 3. The Kier molecular flexibility index (Phi) is 5.62. The normalized spacial score (nSPS) is 21.8. The summed E-state index contributed by atoms with van der Waals surface area (Å²) in [6, 6.07) is 2.27. The third-order valence-electron chi connectivity index (χ3n) is 4.40. The van der Waals surface area contributed by atoms with E-state index in [9.17, 15) is 35.9 Å². The van der Waals surface area contributed by atoms with Gasteiger partial charge >= 0.3 is 24.4 Å². The summed E-state index contributed by atoms with van der Waals surface area (Å²) < 4.78 is 77.2. The van der Waals surface area contributed by atoms with Crippen molar-refractivity contribution in [2.75, 3.05) is 13.1 Å². The van der Waals surface area contributed by atoms with Gasteiger partial charge in [-0.15, -0.1) is 0 Å². The van der Waals surface area contributed by atoms with Crippen molar-refractivity contribution in [3.8, 4) is 0 Å². The van der Waals surface area contributed by atoms with Crippen LogP contribution in [0, 0.1) is 11.8 Å². The number of hydrogen-bond donors (Lipinski definition) is 2. The molecular weight excluding hydrogens is 382 g/mol. The Balaban J connectivity index is 2.10. The van der Waals surface area contributed by atoms with Gasteiger partial charge in [0, 0.05) is 13.1 Å². The lowest BCUT2D eigenvalue weighted by atomic mass is 9.96. The molecule has 2 rings (SSSR count). The van der Waals surface area contributed by atoms with Crippen molar-refractivity contribution < 1.29 is 41.0 Å². The summed E-state index contributed by atoms with van der Waals surface area (Å²) in [5, 5.41) is 11.3. The first kappa shape index (κ1) is 20.8. The molecule has 1 unspecified atom stereocenters. The van der Waals surface area contributed by atoms with Gasteiger partial charge in [0.25, 0.3) is 0 Å². The van der Waals surface area contributed by atoms with Crippen LogP contribution in [0.25, 0.3) is 0 Å². The molecule has 1 fully saturated rings. The number of hydrogen-bond acceptors (Lipinski definition) is 2. The zero-order valence-corrected chi connectivity index (χ0v) is 13.9. The summed E-state index contributed by atoms with van der Waals surface area (Å²) >= 11 is 0. The minimum atomic E-state index is -4.79. The number of benzene rings is 1. The molecule has 0 radical (unpaired) electrons. The first-order chi connectivity index (χ1) is 12.3. The van der Waals surface area contributed by atoms with Crippen molar-refractivity contribution in [2.45, 2.75) is 25.3 Å². The predicted octanol–water partition coefficient (Wildman–Crippen LogP) is 3.67. The van der Waals surface area contributed by atoms with Crippen LogP contribution in [0.15, 0.2) is 24.3 Å². The van der Waals surface area contributed by atoms with E-state index in [4.69, 9.17) is 5.11 Å². The zero-order chi connectivity index (χ0) is 20.6. The fourth-order valence-corrected chi connectivity index (χ4v) is 2.90. The Labute approximate surface area is 149 Å². The summed E-state index contributed by atoms with van der Waals surface area (Å²) in [5.74, 6) is -5.66. The second-order valence-corrected chi connectivity index (χ2v) is 6.29. The van der Waals surface area contributed by atoms with E-state index in [-0.39, 0.29) is 5.56 Å². The van der Waals surface area contributed by atoms with Crippen LogP contribution in [0.3, 0.4) is 0 Å². The standard InChI is InChI=1S/C16H16F6N2O3/c1-8(9-3-2-4-10(5-9)15(17,18)19)23-14(27)24-6-11(13(25)26)12(7-24)16(20,21)22/h2-5,8,11-12H,6-7H2,1H3,(H,23,27)(H,25,26)/t8?,11-,12-/m1/s1. The maximum atomic E-state index is 13.0.